The number of fused-ring (bicyclic) bond motifs is 1. The molecule has 0 spiro atoms. The summed E-state index contributed by atoms with van der Waals surface area (Å²) in [6.45, 7) is 6.87. The van der Waals surface area contributed by atoms with Crippen molar-refractivity contribution >= 4 is 63.1 Å². The van der Waals surface area contributed by atoms with Crippen molar-refractivity contribution in [2.45, 2.75) is 6.92 Å². The van der Waals surface area contributed by atoms with Crippen LogP contribution in [0.5, 0.6) is 5.75 Å². The van der Waals surface area contributed by atoms with Crippen LogP contribution in [-0.2, 0) is 0 Å². The van der Waals surface area contributed by atoms with Crippen LogP contribution in [0.3, 0.4) is 0 Å². The summed E-state index contributed by atoms with van der Waals surface area (Å²) in [5.41, 5.74) is 4.41. The lowest BCUT2D eigenvalue weighted by atomic mass is 10.2. The Morgan fingerprint density at radius 1 is 0.786 bits per heavy atom. The summed E-state index contributed by atoms with van der Waals surface area (Å²) in [5.74, 6) is 2.30. The molecule has 1 fully saturated rings. The summed E-state index contributed by atoms with van der Waals surface area (Å²) in [4.78, 5) is 23.3. The lowest BCUT2D eigenvalue weighted by molar-refractivity contribution is 0.270. The third kappa shape index (κ3) is 6.45. The first-order valence-electron chi connectivity index (χ1n) is 13.9. The molecule has 0 atom stereocenters. The zero-order valence-corrected chi connectivity index (χ0v) is 24.3. The summed E-state index contributed by atoms with van der Waals surface area (Å²) in [6.07, 6.45) is 1.77. The number of anilines is 7. The number of nitrogens with zero attached hydrogens (tertiary/aromatic N) is 6. The first-order chi connectivity index (χ1) is 20.6. The number of rotatable bonds is 9. The first kappa shape index (κ1) is 27.5. The Morgan fingerprint density at radius 2 is 1.50 bits per heavy atom. The lowest BCUT2D eigenvalue weighted by Gasteiger charge is -2.34. The van der Waals surface area contributed by atoms with Gasteiger partial charge in [0.15, 0.2) is 0 Å². The highest BCUT2D eigenvalue weighted by Crippen LogP contribution is 2.28. The van der Waals surface area contributed by atoms with E-state index >= 15 is 0 Å². The number of halogens is 1. The van der Waals surface area contributed by atoms with E-state index in [0.717, 1.165) is 72.1 Å². The molecule has 5 aromatic rings. The van der Waals surface area contributed by atoms with Crippen LogP contribution in [0.25, 0.3) is 10.9 Å². The fraction of sp³-hybridized carbons (Fsp3) is 0.226. The molecule has 1 aliphatic rings. The quantitative estimate of drug-likeness (QED) is 0.180. The van der Waals surface area contributed by atoms with Gasteiger partial charge in [-0.1, -0.05) is 24.6 Å². The second-order valence-corrected chi connectivity index (χ2v) is 10.3. The van der Waals surface area contributed by atoms with Gasteiger partial charge >= 0.3 is 0 Å². The minimum Gasteiger partial charge on any atom is -0.497 e. The van der Waals surface area contributed by atoms with Gasteiger partial charge < -0.3 is 30.5 Å². The van der Waals surface area contributed by atoms with Crippen molar-refractivity contribution in [2.75, 3.05) is 60.7 Å². The Hall–Kier alpha value is -4.67. The van der Waals surface area contributed by atoms with Gasteiger partial charge in [-0.15, -0.1) is 0 Å². The predicted molar refractivity (Wildman–Crippen MR) is 170 cm³/mol. The summed E-state index contributed by atoms with van der Waals surface area (Å²) >= 11 is 6.15. The van der Waals surface area contributed by atoms with E-state index in [9.17, 15) is 0 Å². The number of benzene rings is 3. The molecule has 0 amide bonds. The van der Waals surface area contributed by atoms with E-state index < -0.39 is 0 Å². The fourth-order valence-corrected chi connectivity index (χ4v) is 5.03. The van der Waals surface area contributed by atoms with Gasteiger partial charge in [0.05, 0.1) is 12.6 Å². The molecule has 1 saturated heterocycles. The van der Waals surface area contributed by atoms with Crippen LogP contribution >= 0.6 is 11.6 Å². The molecule has 0 saturated carbocycles. The molecule has 10 nitrogen and oxygen atoms in total. The number of pyridine rings is 1. The Morgan fingerprint density at radius 3 is 2.21 bits per heavy atom. The van der Waals surface area contributed by atoms with E-state index in [4.69, 9.17) is 26.3 Å². The van der Waals surface area contributed by atoms with Crippen LogP contribution in [0.2, 0.25) is 5.02 Å². The number of hydrogen-bond acceptors (Lipinski definition) is 10. The van der Waals surface area contributed by atoms with Gasteiger partial charge in [-0.2, -0.15) is 15.0 Å². The molecule has 1 aliphatic heterocycles. The predicted octanol–water partition coefficient (Wildman–Crippen LogP) is 6.45. The summed E-state index contributed by atoms with van der Waals surface area (Å²) < 4.78 is 5.38. The monoisotopic (exact) mass is 581 g/mol. The number of hydrogen-bond donors (Lipinski definition) is 3. The van der Waals surface area contributed by atoms with Gasteiger partial charge in [0, 0.05) is 71.6 Å². The van der Waals surface area contributed by atoms with Crippen molar-refractivity contribution in [1.82, 2.24) is 24.8 Å². The highest BCUT2D eigenvalue weighted by Gasteiger charge is 2.20. The zero-order chi connectivity index (χ0) is 28.9. The largest absolute Gasteiger partial charge is 0.497 e. The second kappa shape index (κ2) is 12.5. The van der Waals surface area contributed by atoms with Gasteiger partial charge in [0.25, 0.3) is 0 Å². The SMILES string of the molecule is CCN1CCN(c2nc(Nc3ccc(Nc4ccnc5cc(Cl)ccc45)cc3)nc(Nc3cccc(OC)c3)n2)CC1. The molecule has 2 aromatic heterocycles. The van der Waals surface area contributed by atoms with Gasteiger partial charge in [-0.3, -0.25) is 4.98 Å². The van der Waals surface area contributed by atoms with Crippen molar-refractivity contribution in [3.8, 4) is 5.75 Å². The van der Waals surface area contributed by atoms with E-state index in [2.05, 4.69) is 42.6 Å². The van der Waals surface area contributed by atoms with E-state index in [1.165, 1.54) is 0 Å². The molecule has 0 unspecified atom stereocenters. The van der Waals surface area contributed by atoms with Gasteiger partial charge in [-0.05, 0) is 67.2 Å². The Balaban J connectivity index is 1.23. The molecule has 6 rings (SSSR count). The normalized spacial score (nSPS) is 13.6. The number of nitrogens with one attached hydrogen (secondary N) is 3. The molecule has 3 aromatic carbocycles. The Kier molecular flexibility index (Phi) is 8.16. The lowest BCUT2D eigenvalue weighted by Crippen LogP contribution is -2.46. The summed E-state index contributed by atoms with van der Waals surface area (Å²) in [5, 5.41) is 11.8. The van der Waals surface area contributed by atoms with Gasteiger partial charge in [0.1, 0.15) is 5.75 Å². The van der Waals surface area contributed by atoms with Crippen LogP contribution in [0.1, 0.15) is 6.92 Å². The molecule has 11 heteroatoms. The Bertz CT molecular complexity index is 1670. The van der Waals surface area contributed by atoms with E-state index in [-0.39, 0.29) is 0 Å². The molecule has 3 heterocycles. The second-order valence-electron chi connectivity index (χ2n) is 9.91. The van der Waals surface area contributed by atoms with Crippen LogP contribution in [0.15, 0.2) is 79.0 Å². The van der Waals surface area contributed by atoms with Crippen LogP contribution in [0, 0.1) is 0 Å². The fourth-order valence-electron chi connectivity index (χ4n) is 4.86. The smallest absolute Gasteiger partial charge is 0.233 e. The number of ether oxygens (including phenoxy) is 1. The number of piperazine rings is 1. The number of methoxy groups -OCH3 is 1. The molecule has 214 valence electrons. The summed E-state index contributed by atoms with van der Waals surface area (Å²) in [6, 6.07) is 23.3. The molecule has 3 N–H and O–H groups in total. The minimum atomic E-state index is 0.455. The average Bonchev–Trinajstić information content (AvgIpc) is 3.02. The van der Waals surface area contributed by atoms with Crippen LogP contribution < -0.4 is 25.6 Å². The summed E-state index contributed by atoms with van der Waals surface area (Å²) in [7, 11) is 1.65. The first-order valence-corrected chi connectivity index (χ1v) is 14.3. The number of aromatic nitrogens is 4. The number of likely N-dealkylation sites (N-methyl/N-ethyl adjacent to an activating group) is 1. The third-order valence-corrected chi connectivity index (χ3v) is 7.41. The molecular formula is C31H32ClN9O. The van der Waals surface area contributed by atoms with E-state index in [1.807, 2.05) is 72.8 Å². The van der Waals surface area contributed by atoms with Crippen molar-refractivity contribution in [2.24, 2.45) is 0 Å². The van der Waals surface area contributed by atoms with Crippen molar-refractivity contribution < 1.29 is 4.74 Å². The van der Waals surface area contributed by atoms with Crippen molar-refractivity contribution in [3.63, 3.8) is 0 Å². The highest BCUT2D eigenvalue weighted by molar-refractivity contribution is 6.31. The molecule has 42 heavy (non-hydrogen) atoms. The van der Waals surface area contributed by atoms with Crippen molar-refractivity contribution in [3.05, 3.63) is 84.0 Å². The molecule has 0 aliphatic carbocycles. The van der Waals surface area contributed by atoms with E-state index in [1.54, 1.807) is 13.3 Å². The van der Waals surface area contributed by atoms with Gasteiger partial charge in [-0.25, -0.2) is 0 Å². The standard InChI is InChI=1S/C31H32ClN9O/c1-3-40-15-17-41(18-16-40)31-38-29(37-30(39-31)36-24-5-4-6-25(20-24)42-2)35-23-10-8-22(9-11-23)34-27-13-14-33-28-19-21(32)7-12-26(27)28/h4-14,19-20H,3,15-18H2,1-2H3,(H,33,34)(H2,35,36,37,38,39). The van der Waals surface area contributed by atoms with Gasteiger partial charge in [0.2, 0.25) is 17.8 Å². The molecular weight excluding hydrogens is 550 g/mol. The molecule has 0 radical (unpaired) electrons. The average molecular weight is 582 g/mol. The van der Waals surface area contributed by atoms with Crippen molar-refractivity contribution in [1.29, 1.82) is 0 Å². The maximum absolute atomic E-state index is 6.15. The minimum absolute atomic E-state index is 0.455. The maximum Gasteiger partial charge on any atom is 0.233 e. The topological polar surface area (TPSA) is 103 Å². The van der Waals surface area contributed by atoms with E-state index in [0.29, 0.717) is 22.9 Å². The Labute approximate surface area is 249 Å². The molecule has 0 bridgehead atoms. The zero-order valence-electron chi connectivity index (χ0n) is 23.5. The van der Waals surface area contributed by atoms with Crippen LogP contribution in [0.4, 0.5) is 40.6 Å². The van der Waals surface area contributed by atoms with Crippen LogP contribution in [-0.4, -0.2) is 64.7 Å². The third-order valence-electron chi connectivity index (χ3n) is 7.18. The maximum atomic E-state index is 6.15. The highest BCUT2D eigenvalue weighted by atomic mass is 35.5.